The molecule has 6 heteroatoms. The maximum Gasteiger partial charge on any atom is 0.267 e. The Morgan fingerprint density at radius 2 is 1.89 bits per heavy atom. The van der Waals surface area contributed by atoms with Crippen LogP contribution in [0.25, 0.3) is 11.4 Å². The van der Waals surface area contributed by atoms with Gasteiger partial charge in [0.2, 0.25) is 11.7 Å². The Labute approximate surface area is 157 Å². The van der Waals surface area contributed by atoms with Crippen molar-refractivity contribution in [1.29, 1.82) is 0 Å². The Balaban J connectivity index is 1.49. The van der Waals surface area contributed by atoms with Crippen LogP contribution < -0.4 is 9.64 Å². The highest BCUT2D eigenvalue weighted by Gasteiger charge is 2.31. The number of aromatic nitrogens is 2. The van der Waals surface area contributed by atoms with Crippen LogP contribution in [0.5, 0.6) is 5.75 Å². The fourth-order valence-corrected chi connectivity index (χ4v) is 3.16. The summed E-state index contributed by atoms with van der Waals surface area (Å²) in [6, 6.07) is 15.7. The molecule has 1 atom stereocenters. The predicted octanol–water partition coefficient (Wildman–Crippen LogP) is 3.66. The van der Waals surface area contributed by atoms with Gasteiger partial charge in [0.1, 0.15) is 5.75 Å². The standard InChI is InChI=1S/C21H21N3O3/c1-3-15-8-10-16(11-9-15)20-22-19(27-23-20)12-13-24-17-6-4-5-7-18(17)26-14(2)21(24)25/h4-11,14H,3,12-13H2,1-2H3. The minimum Gasteiger partial charge on any atom is -0.479 e. The van der Waals surface area contributed by atoms with Crippen LogP contribution in [0.15, 0.2) is 53.1 Å². The van der Waals surface area contributed by atoms with E-state index in [0.717, 1.165) is 17.7 Å². The van der Waals surface area contributed by atoms with Gasteiger partial charge in [0.05, 0.1) is 5.69 Å². The Hall–Kier alpha value is -3.15. The van der Waals surface area contributed by atoms with Gasteiger partial charge in [0.25, 0.3) is 5.91 Å². The SMILES string of the molecule is CCc1ccc(-c2noc(CCN3C(=O)C(C)Oc4ccccc43)n2)cc1. The third kappa shape index (κ3) is 3.43. The van der Waals surface area contributed by atoms with Gasteiger partial charge in [-0.3, -0.25) is 4.79 Å². The molecule has 1 amide bonds. The first-order valence-corrected chi connectivity index (χ1v) is 9.14. The summed E-state index contributed by atoms with van der Waals surface area (Å²) in [4.78, 5) is 18.7. The molecule has 4 rings (SSSR count). The fraction of sp³-hybridized carbons (Fsp3) is 0.286. The van der Waals surface area contributed by atoms with E-state index < -0.39 is 6.10 Å². The summed E-state index contributed by atoms with van der Waals surface area (Å²) in [6.45, 7) is 4.34. The Morgan fingerprint density at radius 1 is 1.11 bits per heavy atom. The van der Waals surface area contributed by atoms with Gasteiger partial charge in [-0.15, -0.1) is 0 Å². The number of fused-ring (bicyclic) bond motifs is 1. The highest BCUT2D eigenvalue weighted by Crippen LogP contribution is 2.33. The normalized spacial score (nSPS) is 16.1. The van der Waals surface area contributed by atoms with Crippen LogP contribution >= 0.6 is 0 Å². The topological polar surface area (TPSA) is 68.5 Å². The van der Waals surface area contributed by atoms with Gasteiger partial charge >= 0.3 is 0 Å². The lowest BCUT2D eigenvalue weighted by molar-refractivity contribution is -0.125. The van der Waals surface area contributed by atoms with Crippen LogP contribution in [0.2, 0.25) is 0 Å². The first-order valence-electron chi connectivity index (χ1n) is 9.14. The quantitative estimate of drug-likeness (QED) is 0.692. The smallest absolute Gasteiger partial charge is 0.267 e. The number of nitrogens with zero attached hydrogens (tertiary/aromatic N) is 3. The number of benzene rings is 2. The molecule has 0 saturated carbocycles. The van der Waals surface area contributed by atoms with Crippen molar-refractivity contribution in [2.45, 2.75) is 32.8 Å². The highest BCUT2D eigenvalue weighted by atomic mass is 16.5. The summed E-state index contributed by atoms with van der Waals surface area (Å²) >= 11 is 0. The number of para-hydroxylation sites is 2. The van der Waals surface area contributed by atoms with Crippen molar-refractivity contribution in [3.63, 3.8) is 0 Å². The predicted molar refractivity (Wildman–Crippen MR) is 102 cm³/mol. The monoisotopic (exact) mass is 363 g/mol. The molecule has 0 radical (unpaired) electrons. The van der Waals surface area contributed by atoms with Crippen LogP contribution in [-0.4, -0.2) is 28.7 Å². The number of aryl methyl sites for hydroxylation is 1. The number of ether oxygens (including phenoxy) is 1. The molecule has 1 unspecified atom stereocenters. The zero-order valence-electron chi connectivity index (χ0n) is 15.4. The number of anilines is 1. The first kappa shape index (κ1) is 17.3. The minimum atomic E-state index is -0.504. The Kier molecular flexibility index (Phi) is 4.62. The lowest BCUT2D eigenvalue weighted by Gasteiger charge is -2.32. The molecule has 2 heterocycles. The number of rotatable bonds is 5. The van der Waals surface area contributed by atoms with Crippen molar-refractivity contribution in [2.75, 3.05) is 11.4 Å². The van der Waals surface area contributed by atoms with Gasteiger partial charge in [0.15, 0.2) is 6.10 Å². The molecule has 3 aromatic rings. The van der Waals surface area contributed by atoms with Crippen molar-refractivity contribution >= 4 is 11.6 Å². The summed E-state index contributed by atoms with van der Waals surface area (Å²) in [7, 11) is 0. The van der Waals surface area contributed by atoms with Crippen LogP contribution in [0.3, 0.4) is 0 Å². The van der Waals surface area contributed by atoms with Crippen molar-refractivity contribution < 1.29 is 14.1 Å². The van der Waals surface area contributed by atoms with E-state index >= 15 is 0 Å². The summed E-state index contributed by atoms with van der Waals surface area (Å²) in [6.07, 6.45) is 0.966. The average Bonchev–Trinajstić information content (AvgIpc) is 3.17. The number of hydrogen-bond donors (Lipinski definition) is 0. The molecule has 0 aliphatic carbocycles. The van der Waals surface area contributed by atoms with Crippen molar-refractivity contribution in [1.82, 2.24) is 10.1 Å². The third-order valence-corrected chi connectivity index (χ3v) is 4.71. The van der Waals surface area contributed by atoms with Gasteiger partial charge in [-0.1, -0.05) is 48.5 Å². The Morgan fingerprint density at radius 3 is 2.67 bits per heavy atom. The molecule has 1 aliphatic rings. The molecule has 1 aliphatic heterocycles. The molecule has 138 valence electrons. The lowest BCUT2D eigenvalue weighted by atomic mass is 10.1. The van der Waals surface area contributed by atoms with E-state index in [1.54, 1.807) is 11.8 Å². The van der Waals surface area contributed by atoms with Crippen LogP contribution in [0, 0.1) is 0 Å². The molecule has 0 fully saturated rings. The van der Waals surface area contributed by atoms with Crippen molar-refractivity contribution in [3.05, 3.63) is 60.0 Å². The maximum atomic E-state index is 12.5. The van der Waals surface area contributed by atoms with Crippen molar-refractivity contribution in [2.24, 2.45) is 0 Å². The molecule has 27 heavy (non-hydrogen) atoms. The number of hydrogen-bond acceptors (Lipinski definition) is 5. The molecule has 6 nitrogen and oxygen atoms in total. The summed E-state index contributed by atoms with van der Waals surface area (Å²) in [5, 5.41) is 4.07. The molecular formula is C21H21N3O3. The van der Waals surface area contributed by atoms with E-state index in [-0.39, 0.29) is 5.91 Å². The summed E-state index contributed by atoms with van der Waals surface area (Å²) in [5.74, 6) is 1.72. The van der Waals surface area contributed by atoms with Gasteiger partial charge in [-0.05, 0) is 31.0 Å². The molecular weight excluding hydrogens is 342 g/mol. The van der Waals surface area contributed by atoms with Gasteiger partial charge < -0.3 is 14.2 Å². The van der Waals surface area contributed by atoms with E-state index in [2.05, 4.69) is 29.2 Å². The molecule has 0 bridgehead atoms. The Bertz CT molecular complexity index is 949. The van der Waals surface area contributed by atoms with Gasteiger partial charge in [-0.25, -0.2) is 0 Å². The van der Waals surface area contributed by atoms with Crippen LogP contribution in [-0.2, 0) is 17.6 Å². The first-order chi connectivity index (χ1) is 13.2. The summed E-state index contributed by atoms with van der Waals surface area (Å²) < 4.78 is 11.1. The van der Waals surface area contributed by atoms with E-state index in [1.165, 1.54) is 5.56 Å². The molecule has 0 N–H and O–H groups in total. The summed E-state index contributed by atoms with van der Waals surface area (Å²) in [5.41, 5.74) is 2.96. The average molecular weight is 363 g/mol. The van der Waals surface area contributed by atoms with E-state index in [1.807, 2.05) is 36.4 Å². The highest BCUT2D eigenvalue weighted by molar-refractivity contribution is 5.99. The van der Waals surface area contributed by atoms with E-state index in [4.69, 9.17) is 9.26 Å². The van der Waals surface area contributed by atoms with Crippen LogP contribution in [0.1, 0.15) is 25.3 Å². The second kappa shape index (κ2) is 7.23. The fourth-order valence-electron chi connectivity index (χ4n) is 3.16. The zero-order chi connectivity index (χ0) is 18.8. The van der Waals surface area contributed by atoms with Gasteiger partial charge in [0, 0.05) is 18.5 Å². The van der Waals surface area contributed by atoms with E-state index in [9.17, 15) is 4.79 Å². The maximum absolute atomic E-state index is 12.5. The van der Waals surface area contributed by atoms with Gasteiger partial charge in [-0.2, -0.15) is 4.98 Å². The number of carbonyl (C=O) groups is 1. The largest absolute Gasteiger partial charge is 0.479 e. The number of carbonyl (C=O) groups excluding carboxylic acids is 1. The second-order valence-corrected chi connectivity index (χ2v) is 6.53. The molecule has 2 aromatic carbocycles. The van der Waals surface area contributed by atoms with E-state index in [0.29, 0.717) is 30.4 Å². The minimum absolute atomic E-state index is 0.0661. The zero-order valence-corrected chi connectivity index (χ0v) is 15.4. The molecule has 0 saturated heterocycles. The lowest BCUT2D eigenvalue weighted by Crippen LogP contribution is -2.45. The number of amides is 1. The third-order valence-electron chi connectivity index (χ3n) is 4.71. The van der Waals surface area contributed by atoms with Crippen molar-refractivity contribution in [3.8, 4) is 17.1 Å². The molecule has 1 aromatic heterocycles. The van der Waals surface area contributed by atoms with Crippen LogP contribution in [0.4, 0.5) is 5.69 Å². The molecule has 0 spiro atoms. The second-order valence-electron chi connectivity index (χ2n) is 6.53.